The van der Waals surface area contributed by atoms with Crippen molar-refractivity contribution < 1.29 is 19.5 Å². The van der Waals surface area contributed by atoms with E-state index >= 15 is 0 Å². The van der Waals surface area contributed by atoms with Gasteiger partial charge in [-0.05, 0) is 24.8 Å². The second-order valence-electron chi connectivity index (χ2n) is 7.32. The summed E-state index contributed by atoms with van der Waals surface area (Å²) in [6.45, 7) is 1.03. The zero-order chi connectivity index (χ0) is 19.1. The topological polar surface area (TPSA) is 105 Å². The molecule has 0 bridgehead atoms. The summed E-state index contributed by atoms with van der Waals surface area (Å²) in [7, 11) is 1.85. The van der Waals surface area contributed by atoms with Gasteiger partial charge in [-0.1, -0.05) is 18.2 Å². The molecule has 142 valence electrons. The first-order chi connectivity index (χ1) is 13.0. The van der Waals surface area contributed by atoms with Gasteiger partial charge in [0.15, 0.2) is 0 Å². The normalized spacial score (nSPS) is 23.5. The van der Waals surface area contributed by atoms with Gasteiger partial charge in [0.2, 0.25) is 11.8 Å². The zero-order valence-electron chi connectivity index (χ0n) is 15.1. The van der Waals surface area contributed by atoms with Gasteiger partial charge >= 0.3 is 6.09 Å². The summed E-state index contributed by atoms with van der Waals surface area (Å²) in [4.78, 5) is 36.6. The fraction of sp³-hybridized carbons (Fsp3) is 0.474. The van der Waals surface area contributed by atoms with E-state index in [0.717, 1.165) is 29.3 Å². The average Bonchev–Trinajstić information content (AvgIpc) is 2.98. The van der Waals surface area contributed by atoms with Crippen LogP contribution in [0.2, 0.25) is 0 Å². The molecule has 0 saturated carbocycles. The first-order valence-electron chi connectivity index (χ1n) is 9.22. The number of aromatic nitrogens is 2. The maximum absolute atomic E-state index is 12.3. The van der Waals surface area contributed by atoms with E-state index in [9.17, 15) is 19.5 Å². The second kappa shape index (κ2) is 6.68. The minimum absolute atomic E-state index is 0.101. The van der Waals surface area contributed by atoms with Crippen LogP contribution in [0, 0.1) is 0 Å². The number of likely N-dealkylation sites (tertiary alicyclic amines) is 1. The van der Waals surface area contributed by atoms with E-state index < -0.39 is 12.0 Å². The molecule has 1 unspecified atom stereocenters. The molecule has 0 spiro atoms. The number of fused-ring (bicyclic) bond motifs is 1. The molecule has 3 amide bonds. The highest BCUT2D eigenvalue weighted by Gasteiger charge is 2.33. The highest BCUT2D eigenvalue weighted by Crippen LogP contribution is 2.36. The molecular formula is C19H22N4O4. The number of amides is 3. The van der Waals surface area contributed by atoms with Crippen LogP contribution in [0.3, 0.4) is 0 Å². The molecule has 0 radical (unpaired) electrons. The largest absolute Gasteiger partial charge is 0.465 e. The number of para-hydroxylation sites is 1. The van der Waals surface area contributed by atoms with Crippen LogP contribution in [0.4, 0.5) is 4.79 Å². The number of carbonyl (C=O) groups is 3. The number of rotatable bonds is 2. The molecule has 0 aliphatic carbocycles. The van der Waals surface area contributed by atoms with Crippen molar-refractivity contribution in [1.82, 2.24) is 20.0 Å². The molecular weight excluding hydrogens is 348 g/mol. The number of nitrogens with zero attached hydrogens (tertiary/aromatic N) is 3. The van der Waals surface area contributed by atoms with Crippen molar-refractivity contribution in [2.45, 2.75) is 37.5 Å². The molecule has 27 heavy (non-hydrogen) atoms. The molecule has 3 heterocycles. The SMILES string of the molecule is Cn1nc(C2CCC(=O)NC2=O)c2cccc([C@H]3CCCN(C(=O)O)C3)c21. The van der Waals surface area contributed by atoms with Gasteiger partial charge in [-0.25, -0.2) is 4.79 Å². The van der Waals surface area contributed by atoms with Crippen molar-refractivity contribution >= 4 is 28.8 Å². The van der Waals surface area contributed by atoms with Gasteiger partial charge in [0, 0.05) is 37.9 Å². The molecule has 1 aromatic carbocycles. The summed E-state index contributed by atoms with van der Waals surface area (Å²) in [6.07, 6.45) is 1.62. The Morgan fingerprint density at radius 1 is 1.30 bits per heavy atom. The molecule has 2 aliphatic heterocycles. The molecule has 2 aromatic rings. The minimum atomic E-state index is -0.888. The van der Waals surface area contributed by atoms with E-state index in [4.69, 9.17) is 0 Å². The van der Waals surface area contributed by atoms with Crippen molar-refractivity contribution in [1.29, 1.82) is 0 Å². The number of aryl methyl sites for hydroxylation is 1. The molecule has 2 N–H and O–H groups in total. The highest BCUT2D eigenvalue weighted by molar-refractivity contribution is 6.02. The average molecular weight is 370 g/mol. The third-order valence-electron chi connectivity index (χ3n) is 5.63. The molecule has 8 heteroatoms. The second-order valence-corrected chi connectivity index (χ2v) is 7.32. The first-order valence-corrected chi connectivity index (χ1v) is 9.22. The summed E-state index contributed by atoms with van der Waals surface area (Å²) in [5.41, 5.74) is 2.69. The van der Waals surface area contributed by atoms with Gasteiger partial charge in [0.05, 0.1) is 17.1 Å². The maximum Gasteiger partial charge on any atom is 0.407 e. The first kappa shape index (κ1) is 17.5. The monoisotopic (exact) mass is 370 g/mol. The van der Waals surface area contributed by atoms with E-state index in [2.05, 4.69) is 10.4 Å². The summed E-state index contributed by atoms with van der Waals surface area (Å²) < 4.78 is 1.78. The Balaban J connectivity index is 1.74. The predicted octanol–water partition coefficient (Wildman–Crippen LogP) is 1.95. The molecule has 1 aromatic heterocycles. The van der Waals surface area contributed by atoms with Gasteiger partial charge in [0.1, 0.15) is 0 Å². The predicted molar refractivity (Wildman–Crippen MR) is 97.4 cm³/mol. The third-order valence-corrected chi connectivity index (χ3v) is 5.63. The van der Waals surface area contributed by atoms with Crippen LogP contribution in [-0.2, 0) is 16.6 Å². The Hall–Kier alpha value is -2.90. The molecule has 2 fully saturated rings. The van der Waals surface area contributed by atoms with E-state index in [1.165, 1.54) is 4.90 Å². The quantitative estimate of drug-likeness (QED) is 0.786. The molecule has 4 rings (SSSR count). The Kier molecular flexibility index (Phi) is 4.33. The number of carboxylic acid groups (broad SMARTS) is 1. The number of hydrogen-bond donors (Lipinski definition) is 2. The lowest BCUT2D eigenvalue weighted by Gasteiger charge is -2.31. The number of benzene rings is 1. The number of nitrogens with one attached hydrogen (secondary N) is 1. The zero-order valence-corrected chi connectivity index (χ0v) is 15.1. The molecule has 2 saturated heterocycles. The number of piperidine rings is 2. The molecule has 8 nitrogen and oxygen atoms in total. The lowest BCUT2D eigenvalue weighted by atomic mass is 9.87. The number of hydrogen-bond acceptors (Lipinski definition) is 4. The van der Waals surface area contributed by atoms with Crippen LogP contribution < -0.4 is 5.32 Å². The van der Waals surface area contributed by atoms with E-state index in [0.29, 0.717) is 31.6 Å². The minimum Gasteiger partial charge on any atom is -0.465 e. The van der Waals surface area contributed by atoms with Crippen molar-refractivity contribution in [2.75, 3.05) is 13.1 Å². The van der Waals surface area contributed by atoms with Gasteiger partial charge < -0.3 is 10.0 Å². The van der Waals surface area contributed by atoms with Crippen LogP contribution in [0.15, 0.2) is 18.2 Å². The lowest BCUT2D eigenvalue weighted by Crippen LogP contribution is -2.39. The van der Waals surface area contributed by atoms with Crippen molar-refractivity contribution in [3.8, 4) is 0 Å². The van der Waals surface area contributed by atoms with Crippen molar-refractivity contribution in [3.63, 3.8) is 0 Å². The van der Waals surface area contributed by atoms with Crippen LogP contribution in [-0.4, -0.2) is 50.8 Å². The van der Waals surface area contributed by atoms with Crippen molar-refractivity contribution in [2.24, 2.45) is 7.05 Å². The van der Waals surface area contributed by atoms with Crippen molar-refractivity contribution in [3.05, 3.63) is 29.5 Å². The summed E-state index contributed by atoms with van der Waals surface area (Å²) in [6, 6.07) is 5.91. The highest BCUT2D eigenvalue weighted by atomic mass is 16.4. The van der Waals surface area contributed by atoms with E-state index in [1.54, 1.807) is 4.68 Å². The van der Waals surface area contributed by atoms with Crippen LogP contribution >= 0.6 is 0 Å². The summed E-state index contributed by atoms with van der Waals surface area (Å²) >= 11 is 0. The number of imide groups is 1. The fourth-order valence-electron chi connectivity index (χ4n) is 4.34. The van der Waals surface area contributed by atoms with Gasteiger partial charge in [-0.3, -0.25) is 19.6 Å². The Labute approximate surface area is 156 Å². The smallest absolute Gasteiger partial charge is 0.407 e. The Morgan fingerprint density at radius 2 is 2.11 bits per heavy atom. The van der Waals surface area contributed by atoms with E-state index in [-0.39, 0.29) is 17.7 Å². The van der Waals surface area contributed by atoms with Gasteiger partial charge in [-0.2, -0.15) is 5.10 Å². The van der Waals surface area contributed by atoms with Crippen LogP contribution in [0.1, 0.15) is 48.8 Å². The maximum atomic E-state index is 12.3. The standard InChI is InChI=1S/C19H22N4O4/c1-22-17-12(11-4-3-9-23(10-11)19(26)27)5-2-6-13(17)16(21-22)14-7-8-15(24)20-18(14)25/h2,5-6,11,14H,3-4,7-10H2,1H3,(H,26,27)(H,20,24,25)/t11-,14?/m0/s1. The lowest BCUT2D eigenvalue weighted by molar-refractivity contribution is -0.134. The summed E-state index contributed by atoms with van der Waals surface area (Å²) in [5.74, 6) is -0.883. The number of carbonyl (C=O) groups excluding carboxylic acids is 2. The Bertz CT molecular complexity index is 935. The Morgan fingerprint density at radius 3 is 2.85 bits per heavy atom. The van der Waals surface area contributed by atoms with Crippen LogP contribution in [0.5, 0.6) is 0 Å². The van der Waals surface area contributed by atoms with E-state index in [1.807, 2.05) is 25.2 Å². The summed E-state index contributed by atoms with van der Waals surface area (Å²) in [5, 5.41) is 17.2. The molecule has 2 atom stereocenters. The van der Waals surface area contributed by atoms with Crippen LogP contribution in [0.25, 0.3) is 10.9 Å². The third kappa shape index (κ3) is 3.05. The fourth-order valence-corrected chi connectivity index (χ4v) is 4.34. The van der Waals surface area contributed by atoms with Gasteiger partial charge in [-0.15, -0.1) is 0 Å². The molecule has 2 aliphatic rings. The van der Waals surface area contributed by atoms with Gasteiger partial charge in [0.25, 0.3) is 0 Å².